The summed E-state index contributed by atoms with van der Waals surface area (Å²) in [6.07, 6.45) is 8.75. The van der Waals surface area contributed by atoms with Gasteiger partial charge in [0.05, 0.1) is 12.1 Å². The highest BCUT2D eigenvalue weighted by molar-refractivity contribution is 5.97. The molecular weight excluding hydrogens is 452 g/mol. The molecule has 11 heteroatoms. The van der Waals surface area contributed by atoms with Crippen LogP contribution in [0.3, 0.4) is 0 Å². The third-order valence-electron chi connectivity index (χ3n) is 5.40. The molecule has 0 spiro atoms. The van der Waals surface area contributed by atoms with Crippen molar-refractivity contribution in [1.29, 1.82) is 0 Å². The van der Waals surface area contributed by atoms with E-state index in [0.29, 0.717) is 13.1 Å². The topological polar surface area (TPSA) is 154 Å². The van der Waals surface area contributed by atoms with Crippen LogP contribution >= 0.6 is 0 Å². The van der Waals surface area contributed by atoms with Crippen molar-refractivity contribution < 1.29 is 23.6 Å². The number of rotatable bonds is 16. The third-order valence-corrected chi connectivity index (χ3v) is 5.40. The van der Waals surface area contributed by atoms with E-state index in [0.717, 1.165) is 51.4 Å². The van der Waals surface area contributed by atoms with E-state index in [1.54, 1.807) is 13.8 Å². The van der Waals surface area contributed by atoms with Crippen LogP contribution in [0, 0.1) is 0 Å². The van der Waals surface area contributed by atoms with Crippen molar-refractivity contribution in [1.82, 2.24) is 32.3 Å². The van der Waals surface area contributed by atoms with Crippen molar-refractivity contribution in [2.75, 3.05) is 13.1 Å². The zero-order chi connectivity index (χ0) is 26.1. The van der Waals surface area contributed by atoms with Gasteiger partial charge in [0.15, 0.2) is 11.5 Å². The molecule has 0 aliphatic heterocycles. The van der Waals surface area contributed by atoms with Crippen LogP contribution in [-0.4, -0.2) is 48.8 Å². The number of unbranched alkanes of at least 4 members (excludes halogenated alkanes) is 6. The Balaban J connectivity index is 2.36. The minimum atomic E-state index is -0.711. The zero-order valence-electron chi connectivity index (χ0n) is 21.4. The van der Waals surface area contributed by atoms with Gasteiger partial charge >= 0.3 is 11.8 Å². The molecule has 2 atom stereocenters. The molecule has 0 bridgehead atoms. The Morgan fingerprint density at radius 1 is 0.657 bits per heavy atom. The van der Waals surface area contributed by atoms with Gasteiger partial charge in [0.25, 0.3) is 11.8 Å². The summed E-state index contributed by atoms with van der Waals surface area (Å²) in [4.78, 5) is 48.6. The third kappa shape index (κ3) is 12.4. The van der Waals surface area contributed by atoms with E-state index >= 15 is 0 Å². The Morgan fingerprint density at radius 3 is 1.43 bits per heavy atom. The molecule has 0 aliphatic carbocycles. The summed E-state index contributed by atoms with van der Waals surface area (Å²) in [6, 6.07) is 1.64. The van der Waals surface area contributed by atoms with Crippen LogP contribution in [-0.2, 0) is 9.59 Å². The van der Waals surface area contributed by atoms with Crippen LogP contribution < -0.4 is 32.3 Å². The van der Waals surface area contributed by atoms with Crippen molar-refractivity contribution in [3.63, 3.8) is 0 Å². The van der Waals surface area contributed by atoms with E-state index in [9.17, 15) is 19.2 Å². The van der Waals surface area contributed by atoms with Crippen LogP contribution in [0.4, 0.5) is 0 Å². The maximum absolute atomic E-state index is 12.2. The number of nitrogens with one attached hydrogen (secondary N) is 6. The van der Waals surface area contributed by atoms with Crippen molar-refractivity contribution in [3.8, 4) is 0 Å². The summed E-state index contributed by atoms with van der Waals surface area (Å²) in [5.41, 5.74) is 9.17. The first-order chi connectivity index (χ1) is 16.8. The molecule has 0 saturated heterocycles. The number of carbonyl (C=O) groups excluding carboxylic acids is 4. The van der Waals surface area contributed by atoms with Gasteiger partial charge in [-0.15, -0.1) is 0 Å². The smallest absolute Gasteiger partial charge is 0.305 e. The van der Waals surface area contributed by atoms with Crippen LogP contribution in [0.25, 0.3) is 0 Å². The lowest BCUT2D eigenvalue weighted by Gasteiger charge is -2.14. The average Bonchev–Trinajstić information content (AvgIpc) is 3.35. The molecule has 1 heterocycles. The quantitative estimate of drug-likeness (QED) is 0.152. The maximum atomic E-state index is 12.2. The molecule has 6 N–H and O–H groups in total. The first-order valence-electron chi connectivity index (χ1n) is 12.6. The largest absolute Gasteiger partial charge is 0.446 e. The normalized spacial score (nSPS) is 12.5. The summed E-state index contributed by atoms with van der Waals surface area (Å²) in [6.45, 7) is 9.09. The average molecular weight is 495 g/mol. The fourth-order valence-corrected chi connectivity index (χ4v) is 3.08. The molecule has 0 unspecified atom stereocenters. The Morgan fingerprint density at radius 2 is 1.06 bits per heavy atom. The number of hydrogen-bond donors (Lipinski definition) is 6. The van der Waals surface area contributed by atoms with Crippen LogP contribution in [0.2, 0.25) is 0 Å². The highest BCUT2D eigenvalue weighted by atomic mass is 16.4. The summed E-state index contributed by atoms with van der Waals surface area (Å²) in [5, 5.41) is 6.19. The first-order valence-corrected chi connectivity index (χ1v) is 12.6. The van der Waals surface area contributed by atoms with Gasteiger partial charge in [-0.05, 0) is 51.9 Å². The summed E-state index contributed by atoms with van der Waals surface area (Å²) < 4.78 is 5.24. The molecule has 4 amide bonds. The maximum Gasteiger partial charge on any atom is 0.305 e. The lowest BCUT2D eigenvalue weighted by molar-refractivity contribution is -0.124. The molecule has 1 aromatic rings. The first kappa shape index (κ1) is 30.1. The van der Waals surface area contributed by atoms with Gasteiger partial charge in [-0.1, -0.05) is 52.4 Å². The lowest BCUT2D eigenvalue weighted by atomic mass is 10.2. The Kier molecular flexibility index (Phi) is 15.1. The van der Waals surface area contributed by atoms with Crippen LogP contribution in [0.5, 0.6) is 0 Å². The molecule has 1 aromatic heterocycles. The van der Waals surface area contributed by atoms with Gasteiger partial charge in [-0.25, -0.2) is 0 Å². The van der Waals surface area contributed by atoms with E-state index in [4.69, 9.17) is 4.42 Å². The molecule has 0 aliphatic rings. The highest BCUT2D eigenvalue weighted by Gasteiger charge is 2.19. The highest BCUT2D eigenvalue weighted by Crippen LogP contribution is 2.07. The number of furan rings is 1. The van der Waals surface area contributed by atoms with E-state index in [1.807, 2.05) is 0 Å². The molecule has 1 rings (SSSR count). The molecular formula is C24H42N6O5. The fourth-order valence-electron chi connectivity index (χ4n) is 3.08. The van der Waals surface area contributed by atoms with Gasteiger partial charge < -0.3 is 15.1 Å². The predicted octanol–water partition coefficient (Wildman–Crippen LogP) is 1.92. The number of hydrazine groups is 2. The van der Waals surface area contributed by atoms with Gasteiger partial charge in [0.1, 0.15) is 0 Å². The van der Waals surface area contributed by atoms with Crippen molar-refractivity contribution in [2.24, 2.45) is 0 Å². The standard InChI is InChI=1S/C24H42N6O5/c1-5-7-9-11-15-25-17(3)21(31)27-29-23(33)19-13-14-20(35-19)24(34)30-28-22(32)18(4)26-16-12-10-8-6-2/h13-14,17-18,25-26H,5-12,15-16H2,1-4H3,(H,27,31)(H,28,32)(H,29,33)(H,30,34)/t17-,18-/m0/s1. The molecule has 11 nitrogen and oxygen atoms in total. The Labute approximate surface area is 207 Å². The van der Waals surface area contributed by atoms with Crippen LogP contribution in [0.1, 0.15) is 100 Å². The minimum absolute atomic E-state index is 0.163. The van der Waals surface area contributed by atoms with Gasteiger partial charge in [0.2, 0.25) is 0 Å². The summed E-state index contributed by atoms with van der Waals surface area (Å²) >= 11 is 0. The molecule has 0 fully saturated rings. The molecule has 0 saturated carbocycles. The Bertz CT molecular complexity index is 735. The monoisotopic (exact) mass is 494 g/mol. The van der Waals surface area contributed by atoms with Crippen LogP contribution in [0.15, 0.2) is 16.5 Å². The number of hydrogen-bond acceptors (Lipinski definition) is 7. The summed E-state index contributed by atoms with van der Waals surface area (Å²) in [5.74, 6) is -2.54. The van der Waals surface area contributed by atoms with Gasteiger partial charge in [0, 0.05) is 0 Å². The van der Waals surface area contributed by atoms with Gasteiger partial charge in [-0.3, -0.25) is 40.9 Å². The molecule has 0 radical (unpaired) electrons. The Hall–Kier alpha value is -2.92. The molecule has 35 heavy (non-hydrogen) atoms. The second-order valence-corrected chi connectivity index (χ2v) is 8.52. The number of amides is 4. The second-order valence-electron chi connectivity index (χ2n) is 8.52. The van der Waals surface area contributed by atoms with Gasteiger partial charge in [-0.2, -0.15) is 0 Å². The molecule has 198 valence electrons. The van der Waals surface area contributed by atoms with E-state index < -0.39 is 35.7 Å². The molecule has 0 aromatic carbocycles. The summed E-state index contributed by atoms with van der Waals surface area (Å²) in [7, 11) is 0. The minimum Gasteiger partial charge on any atom is -0.446 e. The van der Waals surface area contributed by atoms with E-state index in [2.05, 4.69) is 46.2 Å². The van der Waals surface area contributed by atoms with Crippen molar-refractivity contribution in [3.05, 3.63) is 23.7 Å². The zero-order valence-corrected chi connectivity index (χ0v) is 21.4. The second kappa shape index (κ2) is 17.5. The number of carbonyl (C=O) groups is 4. The van der Waals surface area contributed by atoms with E-state index in [-0.39, 0.29) is 11.5 Å². The van der Waals surface area contributed by atoms with Crippen molar-refractivity contribution in [2.45, 2.75) is 91.1 Å². The fraction of sp³-hybridized carbons (Fsp3) is 0.667. The van der Waals surface area contributed by atoms with E-state index in [1.165, 1.54) is 12.1 Å². The predicted molar refractivity (Wildman–Crippen MR) is 133 cm³/mol. The SMILES string of the molecule is CCCCCCN[C@@H](C)C(=O)NNC(=O)c1ccc(C(=O)NNC(=O)[C@H](C)NCCCCCC)o1. The lowest BCUT2D eigenvalue weighted by Crippen LogP contribution is -2.50. The van der Waals surface area contributed by atoms with Crippen molar-refractivity contribution >= 4 is 23.6 Å².